The van der Waals surface area contributed by atoms with Gasteiger partial charge in [-0.2, -0.15) is 0 Å². The molecule has 1 heterocycles. The number of carbonyl (C=O) groups excluding carboxylic acids is 2. The number of nitrogens with one attached hydrogen (secondary N) is 1. The topological polar surface area (TPSA) is 81.4 Å². The second kappa shape index (κ2) is 6.15. The van der Waals surface area contributed by atoms with E-state index in [4.69, 9.17) is 10.5 Å². The molecule has 1 aliphatic heterocycles. The third kappa shape index (κ3) is 3.09. The van der Waals surface area contributed by atoms with Crippen molar-refractivity contribution in [3.8, 4) is 0 Å². The highest BCUT2D eigenvalue weighted by Gasteiger charge is 2.33. The molecule has 114 valence electrons. The molecule has 3 N–H and O–H groups in total. The molecule has 5 nitrogen and oxygen atoms in total. The van der Waals surface area contributed by atoms with Crippen molar-refractivity contribution < 1.29 is 14.3 Å². The summed E-state index contributed by atoms with van der Waals surface area (Å²) in [5.74, 6) is -0.707. The van der Waals surface area contributed by atoms with Crippen LogP contribution in [-0.4, -0.2) is 24.0 Å². The minimum atomic E-state index is -0.642. The first kappa shape index (κ1) is 14.5. The Morgan fingerprint density at radius 1 is 1.09 bits per heavy atom. The fraction of sp³-hybridized carbons (Fsp3) is 0.294. The highest BCUT2D eigenvalue weighted by atomic mass is 16.5. The molecule has 0 radical (unpaired) electrons. The zero-order chi connectivity index (χ0) is 15.5. The maximum atomic E-state index is 12.1. The third-order valence-electron chi connectivity index (χ3n) is 3.91. The van der Waals surface area contributed by atoms with Crippen molar-refractivity contribution in [2.75, 3.05) is 0 Å². The number of fused-ring (bicyclic) bond motifs is 1. The molecule has 1 fully saturated rings. The number of hydrogen-bond acceptors (Lipinski definition) is 3. The van der Waals surface area contributed by atoms with Crippen LogP contribution in [0.15, 0.2) is 42.5 Å². The zero-order valence-corrected chi connectivity index (χ0v) is 12.1. The van der Waals surface area contributed by atoms with Crippen molar-refractivity contribution >= 4 is 22.6 Å². The Morgan fingerprint density at radius 2 is 1.82 bits per heavy atom. The molecular weight excluding hydrogens is 280 g/mol. The van der Waals surface area contributed by atoms with Gasteiger partial charge in [0.15, 0.2) is 0 Å². The van der Waals surface area contributed by atoms with Crippen molar-refractivity contribution in [1.29, 1.82) is 0 Å². The summed E-state index contributed by atoms with van der Waals surface area (Å²) in [5.41, 5.74) is 6.21. The number of hydrogen-bond donors (Lipinski definition) is 2. The SMILES string of the molecule is NC(=O)C1CCC(C(=O)NCc2ccc3ccccc3c2)O1. The Kier molecular flexibility index (Phi) is 4.06. The van der Waals surface area contributed by atoms with E-state index in [0.717, 1.165) is 10.9 Å². The third-order valence-corrected chi connectivity index (χ3v) is 3.91. The summed E-state index contributed by atoms with van der Waals surface area (Å²) >= 11 is 0. The summed E-state index contributed by atoms with van der Waals surface area (Å²) in [6.07, 6.45) is -0.199. The van der Waals surface area contributed by atoms with Crippen LogP contribution >= 0.6 is 0 Å². The van der Waals surface area contributed by atoms with E-state index in [2.05, 4.69) is 11.4 Å². The van der Waals surface area contributed by atoms with E-state index >= 15 is 0 Å². The van der Waals surface area contributed by atoms with Gasteiger partial charge in [0.05, 0.1) is 0 Å². The van der Waals surface area contributed by atoms with Crippen molar-refractivity contribution in [3.63, 3.8) is 0 Å². The Labute approximate surface area is 128 Å². The number of ether oxygens (including phenoxy) is 1. The maximum Gasteiger partial charge on any atom is 0.249 e. The van der Waals surface area contributed by atoms with E-state index in [1.807, 2.05) is 36.4 Å². The average molecular weight is 298 g/mol. The smallest absolute Gasteiger partial charge is 0.249 e. The van der Waals surface area contributed by atoms with Gasteiger partial charge in [0.2, 0.25) is 11.8 Å². The molecule has 2 amide bonds. The summed E-state index contributed by atoms with van der Waals surface area (Å²) in [7, 11) is 0. The monoisotopic (exact) mass is 298 g/mol. The second-order valence-corrected chi connectivity index (χ2v) is 5.49. The number of primary amides is 1. The molecule has 2 atom stereocenters. The minimum Gasteiger partial charge on any atom is -0.367 e. The van der Waals surface area contributed by atoms with E-state index in [1.54, 1.807) is 0 Å². The van der Waals surface area contributed by atoms with Gasteiger partial charge >= 0.3 is 0 Å². The van der Waals surface area contributed by atoms with Crippen LogP contribution in [0.25, 0.3) is 10.8 Å². The van der Waals surface area contributed by atoms with E-state index in [0.29, 0.717) is 19.4 Å². The first-order chi connectivity index (χ1) is 10.6. The first-order valence-corrected chi connectivity index (χ1v) is 7.33. The number of benzene rings is 2. The average Bonchev–Trinajstić information content (AvgIpc) is 3.03. The van der Waals surface area contributed by atoms with E-state index < -0.39 is 18.1 Å². The largest absolute Gasteiger partial charge is 0.367 e. The molecule has 2 aromatic rings. The molecule has 3 rings (SSSR count). The number of carbonyl (C=O) groups is 2. The van der Waals surface area contributed by atoms with Gasteiger partial charge in [-0.05, 0) is 35.2 Å². The Hall–Kier alpha value is -2.40. The van der Waals surface area contributed by atoms with Crippen molar-refractivity contribution in [2.24, 2.45) is 5.73 Å². The predicted octanol–water partition coefficient (Wildman–Crippen LogP) is 1.49. The highest BCUT2D eigenvalue weighted by Crippen LogP contribution is 2.20. The summed E-state index contributed by atoms with van der Waals surface area (Å²) in [4.78, 5) is 23.1. The van der Waals surface area contributed by atoms with Crippen molar-refractivity contribution in [3.05, 3.63) is 48.0 Å². The molecule has 1 aliphatic rings. The van der Waals surface area contributed by atoms with Crippen LogP contribution in [0.3, 0.4) is 0 Å². The first-order valence-electron chi connectivity index (χ1n) is 7.33. The Morgan fingerprint density at radius 3 is 2.55 bits per heavy atom. The lowest BCUT2D eigenvalue weighted by Crippen LogP contribution is -2.36. The number of nitrogens with two attached hydrogens (primary N) is 1. The van der Waals surface area contributed by atoms with Crippen LogP contribution < -0.4 is 11.1 Å². The van der Waals surface area contributed by atoms with E-state index in [-0.39, 0.29) is 5.91 Å². The van der Waals surface area contributed by atoms with Crippen molar-refractivity contribution in [2.45, 2.75) is 31.6 Å². The molecule has 0 bridgehead atoms. The van der Waals surface area contributed by atoms with E-state index in [1.165, 1.54) is 5.39 Å². The fourth-order valence-electron chi connectivity index (χ4n) is 2.69. The predicted molar refractivity (Wildman–Crippen MR) is 82.9 cm³/mol. The molecule has 1 saturated heterocycles. The number of rotatable bonds is 4. The molecule has 2 unspecified atom stereocenters. The van der Waals surface area contributed by atoms with Crippen LogP contribution in [0.5, 0.6) is 0 Å². The number of amides is 2. The summed E-state index contributed by atoms with van der Waals surface area (Å²) in [6, 6.07) is 14.2. The molecule has 5 heteroatoms. The highest BCUT2D eigenvalue weighted by molar-refractivity contribution is 5.85. The maximum absolute atomic E-state index is 12.1. The van der Waals surface area contributed by atoms with Gasteiger partial charge in [-0.25, -0.2) is 0 Å². The van der Waals surface area contributed by atoms with Crippen LogP contribution in [0, 0.1) is 0 Å². The van der Waals surface area contributed by atoms with Crippen LogP contribution in [0.1, 0.15) is 18.4 Å². The van der Waals surface area contributed by atoms with Gasteiger partial charge < -0.3 is 15.8 Å². The lowest BCUT2D eigenvalue weighted by Gasteiger charge is -2.12. The summed E-state index contributed by atoms with van der Waals surface area (Å²) in [6.45, 7) is 0.435. The molecule has 0 spiro atoms. The quantitative estimate of drug-likeness (QED) is 0.897. The molecular formula is C17H18N2O3. The van der Waals surface area contributed by atoms with Gasteiger partial charge in [-0.15, -0.1) is 0 Å². The summed E-state index contributed by atoms with van der Waals surface area (Å²) in [5, 5.41) is 5.16. The Balaban J connectivity index is 1.59. The van der Waals surface area contributed by atoms with Crippen LogP contribution in [-0.2, 0) is 20.9 Å². The lowest BCUT2D eigenvalue weighted by molar-refractivity contribution is -0.137. The fourth-order valence-corrected chi connectivity index (χ4v) is 2.69. The normalized spacial score (nSPS) is 20.9. The molecule has 0 aliphatic carbocycles. The van der Waals surface area contributed by atoms with Gasteiger partial charge in [-0.1, -0.05) is 36.4 Å². The molecule has 0 saturated carbocycles. The zero-order valence-electron chi connectivity index (χ0n) is 12.1. The second-order valence-electron chi connectivity index (χ2n) is 5.49. The van der Waals surface area contributed by atoms with Gasteiger partial charge in [0.25, 0.3) is 0 Å². The van der Waals surface area contributed by atoms with Crippen molar-refractivity contribution in [1.82, 2.24) is 5.32 Å². The summed E-state index contributed by atoms with van der Waals surface area (Å²) < 4.78 is 5.36. The molecule has 2 aromatic carbocycles. The van der Waals surface area contributed by atoms with Crippen LogP contribution in [0.4, 0.5) is 0 Å². The molecule has 0 aromatic heterocycles. The molecule has 22 heavy (non-hydrogen) atoms. The minimum absolute atomic E-state index is 0.197. The van der Waals surface area contributed by atoms with Gasteiger partial charge in [-0.3, -0.25) is 9.59 Å². The standard InChI is InChI=1S/C17H18N2O3/c18-16(20)14-7-8-15(22-14)17(21)19-10-11-5-6-12-3-1-2-4-13(12)9-11/h1-6,9,14-15H,7-8,10H2,(H2,18,20)(H,19,21). The van der Waals surface area contributed by atoms with Gasteiger partial charge in [0.1, 0.15) is 12.2 Å². The Bertz CT molecular complexity index is 714. The van der Waals surface area contributed by atoms with Gasteiger partial charge in [0, 0.05) is 6.54 Å². The lowest BCUT2D eigenvalue weighted by atomic mass is 10.1. The van der Waals surface area contributed by atoms with Crippen LogP contribution in [0.2, 0.25) is 0 Å². The van der Waals surface area contributed by atoms with E-state index in [9.17, 15) is 9.59 Å².